The summed E-state index contributed by atoms with van der Waals surface area (Å²) in [6.45, 7) is 0. The van der Waals surface area contributed by atoms with E-state index in [-0.39, 0.29) is 11.9 Å². The van der Waals surface area contributed by atoms with E-state index >= 15 is 0 Å². The lowest BCUT2D eigenvalue weighted by atomic mass is 10.0. The molecule has 0 saturated heterocycles. The molecule has 0 bridgehead atoms. The van der Waals surface area contributed by atoms with Gasteiger partial charge in [0.25, 0.3) is 5.91 Å². The molecule has 0 fully saturated rings. The van der Waals surface area contributed by atoms with Gasteiger partial charge in [0.05, 0.1) is 5.69 Å². The molecule has 0 saturated carbocycles. The molecule has 2 aromatic rings. The molecule has 1 heterocycles. The summed E-state index contributed by atoms with van der Waals surface area (Å²) in [4.78, 5) is 12.2. The predicted octanol–water partition coefficient (Wildman–Crippen LogP) is 2.29. The highest BCUT2D eigenvalue weighted by Crippen LogP contribution is 2.13. The van der Waals surface area contributed by atoms with E-state index in [9.17, 15) is 4.79 Å². The minimum absolute atomic E-state index is 0.127. The number of nitrogens with zero attached hydrogens (tertiary/aromatic N) is 2. The summed E-state index contributed by atoms with van der Waals surface area (Å²) < 4.78 is 1.66. The van der Waals surface area contributed by atoms with Gasteiger partial charge in [-0.05, 0) is 43.5 Å². The van der Waals surface area contributed by atoms with Crippen molar-refractivity contribution < 1.29 is 4.79 Å². The van der Waals surface area contributed by atoms with Gasteiger partial charge in [0.2, 0.25) is 0 Å². The van der Waals surface area contributed by atoms with Crippen molar-refractivity contribution in [1.29, 1.82) is 0 Å². The average Bonchev–Trinajstić information content (AvgIpc) is 2.98. The number of nitrogens with two attached hydrogens (primary N) is 1. The maximum atomic E-state index is 12.2. The van der Waals surface area contributed by atoms with Gasteiger partial charge in [-0.3, -0.25) is 4.79 Å². The van der Waals surface area contributed by atoms with Crippen molar-refractivity contribution in [2.45, 2.75) is 25.3 Å². The van der Waals surface area contributed by atoms with Gasteiger partial charge < -0.3 is 11.1 Å². The Morgan fingerprint density at radius 2 is 2.24 bits per heavy atom. The Morgan fingerprint density at radius 3 is 3.00 bits per heavy atom. The Balaban J connectivity index is 1.72. The molecule has 1 unspecified atom stereocenters. The maximum absolute atomic E-state index is 12.2. The number of allylic oxidation sites excluding steroid dienone is 1. The molecule has 1 atom stereocenters. The van der Waals surface area contributed by atoms with Crippen molar-refractivity contribution in [2.75, 3.05) is 5.73 Å². The fourth-order valence-electron chi connectivity index (χ4n) is 2.44. The number of nitrogens with one attached hydrogen (secondary N) is 1. The molecule has 1 aliphatic rings. The van der Waals surface area contributed by atoms with Crippen molar-refractivity contribution in [3.63, 3.8) is 0 Å². The van der Waals surface area contributed by atoms with Gasteiger partial charge in [-0.1, -0.05) is 18.2 Å². The Hall–Kier alpha value is -2.56. The Kier molecular flexibility index (Phi) is 3.73. The van der Waals surface area contributed by atoms with Gasteiger partial charge in [0.15, 0.2) is 5.69 Å². The molecule has 0 spiro atoms. The van der Waals surface area contributed by atoms with Crippen LogP contribution in [-0.2, 0) is 0 Å². The number of hydrogen-bond acceptors (Lipinski definition) is 3. The van der Waals surface area contributed by atoms with Crippen LogP contribution in [0.25, 0.3) is 5.69 Å². The highest BCUT2D eigenvalue weighted by atomic mass is 16.2. The van der Waals surface area contributed by atoms with Gasteiger partial charge >= 0.3 is 0 Å². The van der Waals surface area contributed by atoms with Crippen LogP contribution in [-0.4, -0.2) is 21.7 Å². The number of carbonyl (C=O) groups excluding carboxylic acids is 1. The quantitative estimate of drug-likeness (QED) is 0.670. The van der Waals surface area contributed by atoms with Crippen LogP contribution in [0.3, 0.4) is 0 Å². The Labute approximate surface area is 123 Å². The lowest BCUT2D eigenvalue weighted by Crippen LogP contribution is -2.35. The minimum Gasteiger partial charge on any atom is -0.399 e. The lowest BCUT2D eigenvalue weighted by Gasteiger charge is -2.18. The first-order valence-corrected chi connectivity index (χ1v) is 7.10. The molecule has 5 nitrogen and oxygen atoms in total. The summed E-state index contributed by atoms with van der Waals surface area (Å²) in [5.74, 6) is -0.127. The van der Waals surface area contributed by atoms with Crippen LogP contribution >= 0.6 is 0 Å². The van der Waals surface area contributed by atoms with E-state index in [0.29, 0.717) is 11.4 Å². The molecular formula is C16H18N4O. The van der Waals surface area contributed by atoms with Gasteiger partial charge in [0.1, 0.15) is 0 Å². The first kappa shape index (κ1) is 13.4. The molecule has 3 rings (SSSR count). The number of anilines is 1. The third-order valence-corrected chi connectivity index (χ3v) is 3.56. The molecule has 0 aliphatic heterocycles. The summed E-state index contributed by atoms with van der Waals surface area (Å²) in [6, 6.07) is 9.33. The van der Waals surface area contributed by atoms with E-state index in [2.05, 4.69) is 22.6 Å². The maximum Gasteiger partial charge on any atom is 0.272 e. The van der Waals surface area contributed by atoms with Crippen molar-refractivity contribution in [3.8, 4) is 5.69 Å². The SMILES string of the molecule is Nc1cccc(-n2ccc(C(=O)NC3CC=CCC3)n2)c1. The smallest absolute Gasteiger partial charge is 0.272 e. The van der Waals surface area contributed by atoms with Gasteiger partial charge in [-0.2, -0.15) is 5.10 Å². The first-order chi connectivity index (χ1) is 10.2. The highest BCUT2D eigenvalue weighted by Gasteiger charge is 2.16. The zero-order valence-corrected chi connectivity index (χ0v) is 11.7. The molecule has 5 heteroatoms. The molecule has 0 radical (unpaired) electrons. The lowest BCUT2D eigenvalue weighted by molar-refractivity contribution is 0.0929. The largest absolute Gasteiger partial charge is 0.399 e. The molecule has 3 N–H and O–H groups in total. The third-order valence-electron chi connectivity index (χ3n) is 3.56. The molecule has 1 aliphatic carbocycles. The molecular weight excluding hydrogens is 264 g/mol. The van der Waals surface area contributed by atoms with Gasteiger partial charge in [-0.15, -0.1) is 0 Å². The Morgan fingerprint density at radius 1 is 1.33 bits per heavy atom. The number of carbonyl (C=O) groups is 1. The van der Waals surface area contributed by atoms with Crippen LogP contribution in [0.15, 0.2) is 48.7 Å². The molecule has 108 valence electrons. The van der Waals surface area contributed by atoms with Gasteiger partial charge in [-0.25, -0.2) is 4.68 Å². The minimum atomic E-state index is -0.127. The van der Waals surface area contributed by atoms with Crippen LogP contribution in [0, 0.1) is 0 Å². The van der Waals surface area contributed by atoms with E-state index < -0.39 is 0 Å². The summed E-state index contributed by atoms with van der Waals surface area (Å²) in [6.07, 6.45) is 8.92. The average molecular weight is 282 g/mol. The normalized spacial score (nSPS) is 17.6. The standard InChI is InChI=1S/C16H18N4O/c17-12-5-4-8-14(11-12)20-10-9-15(19-20)16(21)18-13-6-2-1-3-7-13/h1-2,4-5,8-11,13H,3,6-7,17H2,(H,18,21). The number of hydrogen-bond donors (Lipinski definition) is 2. The van der Waals surface area contributed by atoms with E-state index in [4.69, 9.17) is 5.73 Å². The second kappa shape index (κ2) is 5.83. The predicted molar refractivity (Wildman–Crippen MR) is 82.2 cm³/mol. The summed E-state index contributed by atoms with van der Waals surface area (Å²) in [5, 5.41) is 7.34. The Bertz CT molecular complexity index is 674. The zero-order valence-electron chi connectivity index (χ0n) is 11.7. The summed E-state index contributed by atoms with van der Waals surface area (Å²) >= 11 is 0. The van der Waals surface area contributed by atoms with E-state index in [0.717, 1.165) is 24.9 Å². The number of benzene rings is 1. The van der Waals surface area contributed by atoms with Crippen molar-refractivity contribution in [1.82, 2.24) is 15.1 Å². The second-order valence-electron chi connectivity index (χ2n) is 5.20. The molecule has 1 aromatic heterocycles. The second-order valence-corrected chi connectivity index (χ2v) is 5.20. The molecule has 21 heavy (non-hydrogen) atoms. The molecule has 1 amide bonds. The van der Waals surface area contributed by atoms with Gasteiger partial charge in [0, 0.05) is 17.9 Å². The van der Waals surface area contributed by atoms with E-state index in [1.54, 1.807) is 16.9 Å². The summed E-state index contributed by atoms with van der Waals surface area (Å²) in [7, 11) is 0. The van der Waals surface area contributed by atoms with E-state index in [1.165, 1.54) is 0 Å². The highest BCUT2D eigenvalue weighted by molar-refractivity contribution is 5.92. The third kappa shape index (κ3) is 3.13. The number of aromatic nitrogens is 2. The fourth-order valence-corrected chi connectivity index (χ4v) is 2.44. The van der Waals surface area contributed by atoms with Crippen LogP contribution in [0.2, 0.25) is 0 Å². The van der Waals surface area contributed by atoms with Crippen molar-refractivity contribution in [2.24, 2.45) is 0 Å². The fraction of sp³-hybridized carbons (Fsp3) is 0.250. The van der Waals surface area contributed by atoms with E-state index in [1.807, 2.05) is 24.3 Å². The monoisotopic (exact) mass is 282 g/mol. The van der Waals surface area contributed by atoms with Crippen LogP contribution < -0.4 is 11.1 Å². The number of nitrogen functional groups attached to an aromatic ring is 1. The number of amides is 1. The van der Waals surface area contributed by atoms with Crippen LogP contribution in [0.1, 0.15) is 29.8 Å². The summed E-state index contributed by atoms with van der Waals surface area (Å²) in [5.41, 5.74) is 7.69. The first-order valence-electron chi connectivity index (χ1n) is 7.10. The van der Waals surface area contributed by atoms with Crippen LogP contribution in [0.5, 0.6) is 0 Å². The van der Waals surface area contributed by atoms with Crippen LogP contribution in [0.4, 0.5) is 5.69 Å². The topological polar surface area (TPSA) is 72.9 Å². The zero-order chi connectivity index (χ0) is 14.7. The van der Waals surface area contributed by atoms with Crippen molar-refractivity contribution in [3.05, 3.63) is 54.4 Å². The van der Waals surface area contributed by atoms with Crippen molar-refractivity contribution >= 4 is 11.6 Å². The molecule has 1 aromatic carbocycles. The number of rotatable bonds is 3.